The lowest BCUT2D eigenvalue weighted by Crippen LogP contribution is -2.17. The Balaban J connectivity index is 3.56. The quantitative estimate of drug-likeness (QED) is 0.588. The number of esters is 2. The first-order chi connectivity index (χ1) is 8.72. The van der Waals surface area contributed by atoms with Gasteiger partial charge in [0, 0.05) is 3.57 Å². The highest BCUT2D eigenvalue weighted by Crippen LogP contribution is 2.29. The van der Waals surface area contributed by atoms with Crippen molar-refractivity contribution in [2.24, 2.45) is 0 Å². The number of carbonyl (C=O) groups excluding carboxylic acids is 2. The third kappa shape index (κ3) is 3.46. The predicted octanol–water partition coefficient (Wildman–Crippen LogP) is 3.16. The molecule has 0 bridgehead atoms. The molecular formula is C14H17IO4. The van der Waals surface area contributed by atoms with Crippen molar-refractivity contribution in [3.05, 3.63) is 32.4 Å². The zero-order valence-corrected chi connectivity index (χ0v) is 13.8. The van der Waals surface area contributed by atoms with Gasteiger partial charge in [-0.1, -0.05) is 20.8 Å². The Kier molecular flexibility index (Phi) is 4.95. The molecule has 0 amide bonds. The van der Waals surface area contributed by atoms with Crippen LogP contribution in [0.4, 0.5) is 0 Å². The van der Waals surface area contributed by atoms with Crippen molar-refractivity contribution in [2.45, 2.75) is 26.2 Å². The number of ether oxygens (including phenoxy) is 2. The summed E-state index contributed by atoms with van der Waals surface area (Å²) >= 11 is 1.96. The summed E-state index contributed by atoms with van der Waals surface area (Å²) < 4.78 is 10.1. The minimum absolute atomic E-state index is 0.185. The molecule has 0 aliphatic rings. The summed E-state index contributed by atoms with van der Waals surface area (Å²) in [4.78, 5) is 23.6. The van der Waals surface area contributed by atoms with Crippen LogP contribution in [0.2, 0.25) is 0 Å². The maximum Gasteiger partial charge on any atom is 0.338 e. The fourth-order valence-electron chi connectivity index (χ4n) is 1.57. The van der Waals surface area contributed by atoms with Crippen LogP contribution in [0.5, 0.6) is 0 Å². The van der Waals surface area contributed by atoms with E-state index < -0.39 is 11.9 Å². The Morgan fingerprint density at radius 2 is 1.37 bits per heavy atom. The van der Waals surface area contributed by atoms with Crippen LogP contribution < -0.4 is 0 Å². The third-order valence-electron chi connectivity index (χ3n) is 2.75. The Hall–Kier alpha value is -1.11. The van der Waals surface area contributed by atoms with Crippen LogP contribution in [0.1, 0.15) is 47.1 Å². The number of benzene rings is 1. The molecule has 0 atom stereocenters. The molecule has 0 saturated carbocycles. The molecule has 1 rings (SSSR count). The summed E-state index contributed by atoms with van der Waals surface area (Å²) in [6.45, 7) is 6.03. The van der Waals surface area contributed by atoms with E-state index in [1.807, 2.05) is 43.4 Å². The van der Waals surface area contributed by atoms with Crippen LogP contribution in [0.15, 0.2) is 12.1 Å². The van der Waals surface area contributed by atoms with Gasteiger partial charge in [0.25, 0.3) is 0 Å². The maximum absolute atomic E-state index is 11.8. The molecule has 0 aliphatic carbocycles. The molecule has 1 aromatic rings. The van der Waals surface area contributed by atoms with Crippen LogP contribution in [0, 0.1) is 3.57 Å². The second-order valence-electron chi connectivity index (χ2n) is 5.12. The molecule has 0 unspecified atom stereocenters. The average Bonchev–Trinajstić information content (AvgIpc) is 2.35. The maximum atomic E-state index is 11.8. The molecule has 4 nitrogen and oxygen atoms in total. The molecule has 19 heavy (non-hydrogen) atoms. The summed E-state index contributed by atoms with van der Waals surface area (Å²) in [5, 5.41) is 0. The lowest BCUT2D eigenvalue weighted by atomic mass is 9.85. The van der Waals surface area contributed by atoms with Gasteiger partial charge in [-0.25, -0.2) is 9.59 Å². The molecule has 104 valence electrons. The summed E-state index contributed by atoms with van der Waals surface area (Å²) in [7, 11) is 2.64. The van der Waals surface area contributed by atoms with Crippen molar-refractivity contribution < 1.29 is 19.1 Å². The van der Waals surface area contributed by atoms with Gasteiger partial charge in [0.2, 0.25) is 0 Å². The second-order valence-corrected chi connectivity index (χ2v) is 6.20. The molecule has 0 spiro atoms. The van der Waals surface area contributed by atoms with Crippen molar-refractivity contribution in [1.29, 1.82) is 0 Å². The van der Waals surface area contributed by atoms with Gasteiger partial charge in [-0.15, -0.1) is 0 Å². The van der Waals surface area contributed by atoms with Crippen LogP contribution in [0.3, 0.4) is 0 Å². The molecule has 0 heterocycles. The lowest BCUT2D eigenvalue weighted by molar-refractivity contribution is 0.0596. The van der Waals surface area contributed by atoms with E-state index in [4.69, 9.17) is 9.47 Å². The van der Waals surface area contributed by atoms with Gasteiger partial charge in [-0.2, -0.15) is 0 Å². The van der Waals surface area contributed by atoms with Crippen LogP contribution in [0.25, 0.3) is 0 Å². The number of hydrogen-bond donors (Lipinski definition) is 0. The van der Waals surface area contributed by atoms with E-state index in [0.717, 1.165) is 5.56 Å². The van der Waals surface area contributed by atoms with Crippen molar-refractivity contribution in [3.8, 4) is 0 Å². The van der Waals surface area contributed by atoms with Crippen molar-refractivity contribution in [1.82, 2.24) is 0 Å². The van der Waals surface area contributed by atoms with E-state index in [1.54, 1.807) is 12.1 Å². The van der Waals surface area contributed by atoms with Crippen molar-refractivity contribution in [3.63, 3.8) is 0 Å². The van der Waals surface area contributed by atoms with Gasteiger partial charge in [0.05, 0.1) is 25.3 Å². The summed E-state index contributed by atoms with van der Waals surface area (Å²) in [6.07, 6.45) is 0. The van der Waals surface area contributed by atoms with Gasteiger partial charge in [-0.3, -0.25) is 0 Å². The van der Waals surface area contributed by atoms with E-state index in [1.165, 1.54) is 14.2 Å². The smallest absolute Gasteiger partial charge is 0.338 e. The molecule has 1 aromatic carbocycles. The minimum Gasteiger partial charge on any atom is -0.465 e. The SMILES string of the molecule is COC(=O)c1cc(C(C)(C)C)cc(C(=O)OC)c1I. The standard InChI is InChI=1S/C14H17IO4/c1-14(2,3)8-6-9(12(16)18-4)11(15)10(7-8)13(17)19-5/h6-7H,1-5H3. The Bertz CT molecular complexity index is 478. The molecular weight excluding hydrogens is 359 g/mol. The van der Waals surface area contributed by atoms with Crippen LogP contribution in [-0.2, 0) is 14.9 Å². The highest BCUT2D eigenvalue weighted by molar-refractivity contribution is 14.1. The zero-order chi connectivity index (χ0) is 14.8. The number of rotatable bonds is 2. The zero-order valence-electron chi connectivity index (χ0n) is 11.7. The van der Waals surface area contributed by atoms with E-state index in [0.29, 0.717) is 14.7 Å². The van der Waals surface area contributed by atoms with E-state index in [-0.39, 0.29) is 5.41 Å². The molecule has 0 fully saturated rings. The van der Waals surface area contributed by atoms with Gasteiger partial charge < -0.3 is 9.47 Å². The molecule has 0 saturated heterocycles. The normalized spacial score (nSPS) is 11.1. The van der Waals surface area contributed by atoms with Crippen molar-refractivity contribution in [2.75, 3.05) is 14.2 Å². The highest BCUT2D eigenvalue weighted by atomic mass is 127. The summed E-state index contributed by atoms with van der Waals surface area (Å²) in [6, 6.07) is 3.53. The van der Waals surface area contributed by atoms with Gasteiger partial charge in [-0.05, 0) is 45.7 Å². The summed E-state index contributed by atoms with van der Waals surface area (Å²) in [5.74, 6) is -0.915. The van der Waals surface area contributed by atoms with E-state index >= 15 is 0 Å². The molecule has 0 aliphatic heterocycles. The minimum atomic E-state index is -0.458. The summed E-state index contributed by atoms with van der Waals surface area (Å²) in [5.41, 5.74) is 1.47. The fourth-order valence-corrected chi connectivity index (χ4v) is 2.33. The van der Waals surface area contributed by atoms with Crippen molar-refractivity contribution >= 4 is 34.5 Å². The largest absolute Gasteiger partial charge is 0.465 e. The number of hydrogen-bond acceptors (Lipinski definition) is 4. The first kappa shape index (κ1) is 15.9. The average molecular weight is 376 g/mol. The van der Waals surface area contributed by atoms with Gasteiger partial charge >= 0.3 is 11.9 Å². The number of halogens is 1. The second kappa shape index (κ2) is 5.90. The molecule has 0 N–H and O–H groups in total. The predicted molar refractivity (Wildman–Crippen MR) is 80.5 cm³/mol. The Labute approximate surface area is 126 Å². The molecule has 0 aromatic heterocycles. The number of carbonyl (C=O) groups is 2. The van der Waals surface area contributed by atoms with Gasteiger partial charge in [0.15, 0.2) is 0 Å². The van der Waals surface area contributed by atoms with Crippen LogP contribution in [-0.4, -0.2) is 26.2 Å². The molecule has 5 heteroatoms. The number of methoxy groups -OCH3 is 2. The topological polar surface area (TPSA) is 52.6 Å². The van der Waals surface area contributed by atoms with E-state index in [9.17, 15) is 9.59 Å². The lowest BCUT2D eigenvalue weighted by Gasteiger charge is -2.21. The fraction of sp³-hybridized carbons (Fsp3) is 0.429. The first-order valence-electron chi connectivity index (χ1n) is 5.73. The molecule has 0 radical (unpaired) electrons. The first-order valence-corrected chi connectivity index (χ1v) is 6.81. The Morgan fingerprint density at radius 1 is 1.00 bits per heavy atom. The van der Waals surface area contributed by atoms with Gasteiger partial charge in [0.1, 0.15) is 0 Å². The Morgan fingerprint density at radius 3 is 1.63 bits per heavy atom. The third-order valence-corrected chi connectivity index (χ3v) is 3.91. The van der Waals surface area contributed by atoms with Crippen LogP contribution >= 0.6 is 22.6 Å². The monoisotopic (exact) mass is 376 g/mol. The highest BCUT2D eigenvalue weighted by Gasteiger charge is 2.24. The van der Waals surface area contributed by atoms with E-state index in [2.05, 4.69) is 0 Å².